The van der Waals surface area contributed by atoms with Gasteiger partial charge in [-0.15, -0.1) is 0 Å². The molecule has 0 spiro atoms. The molecule has 15 heavy (non-hydrogen) atoms. The third-order valence-electron chi connectivity index (χ3n) is 4.87. The zero-order chi connectivity index (χ0) is 10.1. The van der Waals surface area contributed by atoms with Gasteiger partial charge in [-0.2, -0.15) is 0 Å². The van der Waals surface area contributed by atoms with Gasteiger partial charge in [-0.1, -0.05) is 32.1 Å². The third kappa shape index (κ3) is 1.94. The van der Waals surface area contributed by atoms with Crippen LogP contribution in [0.2, 0.25) is 0 Å². The van der Waals surface area contributed by atoms with Gasteiger partial charge >= 0.3 is 0 Å². The Kier molecular flexibility index (Phi) is 2.98. The standard InChI is InChI=1S/C13H24N2/c1-2-6-10(7-3-1)13-11-8-4-5-9-12(11)14-15-13/h10-15H,1-9H2. The van der Waals surface area contributed by atoms with E-state index in [2.05, 4.69) is 10.9 Å². The average molecular weight is 208 g/mol. The molecule has 1 aliphatic heterocycles. The molecule has 3 atom stereocenters. The van der Waals surface area contributed by atoms with E-state index in [9.17, 15) is 0 Å². The predicted molar refractivity (Wildman–Crippen MR) is 62.4 cm³/mol. The Morgan fingerprint density at radius 2 is 1.40 bits per heavy atom. The van der Waals surface area contributed by atoms with Gasteiger partial charge in [-0.25, -0.2) is 0 Å². The van der Waals surface area contributed by atoms with Crippen molar-refractivity contribution in [3.8, 4) is 0 Å². The lowest BCUT2D eigenvalue weighted by Gasteiger charge is -2.33. The lowest BCUT2D eigenvalue weighted by atomic mass is 9.73. The maximum Gasteiger partial charge on any atom is 0.0284 e. The summed E-state index contributed by atoms with van der Waals surface area (Å²) in [7, 11) is 0. The third-order valence-corrected chi connectivity index (χ3v) is 4.87. The molecule has 0 radical (unpaired) electrons. The topological polar surface area (TPSA) is 24.1 Å². The minimum atomic E-state index is 0.797. The molecule has 3 rings (SSSR count). The lowest BCUT2D eigenvalue weighted by Crippen LogP contribution is -2.39. The molecule has 2 N–H and O–H groups in total. The van der Waals surface area contributed by atoms with E-state index in [-0.39, 0.29) is 0 Å². The second kappa shape index (κ2) is 4.42. The molecule has 1 heterocycles. The van der Waals surface area contributed by atoms with Crippen molar-refractivity contribution < 1.29 is 0 Å². The van der Waals surface area contributed by atoms with Crippen LogP contribution in [0.3, 0.4) is 0 Å². The van der Waals surface area contributed by atoms with E-state index in [4.69, 9.17) is 0 Å². The van der Waals surface area contributed by atoms with Crippen molar-refractivity contribution in [3.05, 3.63) is 0 Å². The summed E-state index contributed by atoms with van der Waals surface area (Å²) in [6.07, 6.45) is 13.1. The largest absolute Gasteiger partial charge is 0.254 e. The van der Waals surface area contributed by atoms with Crippen LogP contribution in [0.5, 0.6) is 0 Å². The Balaban J connectivity index is 1.65. The zero-order valence-electron chi connectivity index (χ0n) is 9.67. The molecule has 3 aliphatic rings. The van der Waals surface area contributed by atoms with Crippen LogP contribution in [0.25, 0.3) is 0 Å². The highest BCUT2D eigenvalue weighted by molar-refractivity contribution is 4.96. The van der Waals surface area contributed by atoms with Gasteiger partial charge in [0.2, 0.25) is 0 Å². The molecule has 0 aromatic carbocycles. The van der Waals surface area contributed by atoms with Gasteiger partial charge < -0.3 is 0 Å². The van der Waals surface area contributed by atoms with Crippen LogP contribution >= 0.6 is 0 Å². The monoisotopic (exact) mass is 208 g/mol. The summed E-state index contributed by atoms with van der Waals surface area (Å²) in [5.41, 5.74) is 7.17. The molecular formula is C13H24N2. The van der Waals surface area contributed by atoms with Crippen molar-refractivity contribution in [2.75, 3.05) is 0 Å². The Labute approximate surface area is 93.2 Å². The van der Waals surface area contributed by atoms with E-state index in [1.165, 1.54) is 57.8 Å². The van der Waals surface area contributed by atoms with E-state index in [1.807, 2.05) is 0 Å². The summed E-state index contributed by atoms with van der Waals surface area (Å²) >= 11 is 0. The molecule has 86 valence electrons. The normalized spacial score (nSPS) is 42.8. The average Bonchev–Trinajstić information content (AvgIpc) is 2.74. The summed E-state index contributed by atoms with van der Waals surface area (Å²) in [5.74, 6) is 1.92. The highest BCUT2D eigenvalue weighted by Gasteiger charge is 2.40. The molecular weight excluding hydrogens is 184 g/mol. The lowest BCUT2D eigenvalue weighted by molar-refractivity contribution is 0.214. The number of hydrogen-bond acceptors (Lipinski definition) is 2. The summed E-state index contributed by atoms with van der Waals surface area (Å²) in [6, 6.07) is 1.60. The van der Waals surface area contributed by atoms with Crippen molar-refractivity contribution in [3.63, 3.8) is 0 Å². The molecule has 2 nitrogen and oxygen atoms in total. The van der Waals surface area contributed by atoms with Gasteiger partial charge in [-0.05, 0) is 37.5 Å². The van der Waals surface area contributed by atoms with Crippen molar-refractivity contribution >= 4 is 0 Å². The molecule has 2 heteroatoms. The quantitative estimate of drug-likeness (QED) is 0.692. The fourth-order valence-corrected chi connectivity index (χ4v) is 4.04. The first-order chi connectivity index (χ1) is 7.45. The maximum atomic E-state index is 3.62. The van der Waals surface area contributed by atoms with Gasteiger partial charge in [0.1, 0.15) is 0 Å². The van der Waals surface area contributed by atoms with E-state index >= 15 is 0 Å². The van der Waals surface area contributed by atoms with Crippen molar-refractivity contribution in [1.29, 1.82) is 0 Å². The Morgan fingerprint density at radius 1 is 0.667 bits per heavy atom. The smallest absolute Gasteiger partial charge is 0.0284 e. The Hall–Kier alpha value is -0.0800. The fourth-order valence-electron chi connectivity index (χ4n) is 4.04. The maximum absolute atomic E-state index is 3.62. The second-order valence-corrected chi connectivity index (χ2v) is 5.77. The summed E-state index contributed by atoms with van der Waals surface area (Å²) < 4.78 is 0. The van der Waals surface area contributed by atoms with Crippen LogP contribution in [-0.4, -0.2) is 12.1 Å². The first kappa shape index (κ1) is 10.1. The SMILES string of the molecule is C1CCC(C2NNC3CCCCC32)CC1. The van der Waals surface area contributed by atoms with Gasteiger partial charge in [-0.3, -0.25) is 10.9 Å². The van der Waals surface area contributed by atoms with Crippen LogP contribution in [0, 0.1) is 11.8 Å². The minimum absolute atomic E-state index is 0.797. The first-order valence-corrected chi connectivity index (χ1v) is 6.96. The van der Waals surface area contributed by atoms with Crippen molar-refractivity contribution in [2.24, 2.45) is 11.8 Å². The van der Waals surface area contributed by atoms with Gasteiger partial charge in [0.15, 0.2) is 0 Å². The molecule has 3 fully saturated rings. The number of hydrogen-bond donors (Lipinski definition) is 2. The Bertz CT molecular complexity index is 211. The first-order valence-electron chi connectivity index (χ1n) is 6.96. The van der Waals surface area contributed by atoms with Crippen molar-refractivity contribution in [1.82, 2.24) is 10.9 Å². The summed E-state index contributed by atoms with van der Waals surface area (Å²) in [6.45, 7) is 0. The number of nitrogens with one attached hydrogen (secondary N) is 2. The molecule has 2 aliphatic carbocycles. The van der Waals surface area contributed by atoms with Crippen molar-refractivity contribution in [2.45, 2.75) is 69.9 Å². The van der Waals surface area contributed by atoms with Gasteiger partial charge in [0, 0.05) is 12.1 Å². The van der Waals surface area contributed by atoms with Crippen LogP contribution in [0.15, 0.2) is 0 Å². The molecule has 1 saturated heterocycles. The number of rotatable bonds is 1. The molecule has 0 bridgehead atoms. The number of fused-ring (bicyclic) bond motifs is 1. The molecule has 0 aromatic heterocycles. The van der Waals surface area contributed by atoms with Crippen LogP contribution in [-0.2, 0) is 0 Å². The highest BCUT2D eigenvalue weighted by Crippen LogP contribution is 2.37. The molecule has 3 unspecified atom stereocenters. The molecule has 0 amide bonds. The van der Waals surface area contributed by atoms with Gasteiger partial charge in [0.05, 0.1) is 0 Å². The van der Waals surface area contributed by atoms with E-state index in [0.717, 1.165) is 23.9 Å². The van der Waals surface area contributed by atoms with E-state index in [1.54, 1.807) is 0 Å². The second-order valence-electron chi connectivity index (χ2n) is 5.77. The highest BCUT2D eigenvalue weighted by atomic mass is 15.4. The van der Waals surface area contributed by atoms with Crippen LogP contribution < -0.4 is 10.9 Å². The Morgan fingerprint density at radius 3 is 2.27 bits per heavy atom. The molecule has 2 saturated carbocycles. The fraction of sp³-hybridized carbons (Fsp3) is 1.00. The minimum Gasteiger partial charge on any atom is -0.254 e. The van der Waals surface area contributed by atoms with Gasteiger partial charge in [0.25, 0.3) is 0 Å². The van der Waals surface area contributed by atoms with E-state index < -0.39 is 0 Å². The molecule has 0 aromatic rings. The van der Waals surface area contributed by atoms with E-state index in [0.29, 0.717) is 0 Å². The summed E-state index contributed by atoms with van der Waals surface area (Å²) in [5, 5.41) is 0. The number of hydrazine groups is 1. The predicted octanol–water partition coefficient (Wildman–Crippen LogP) is 2.60. The zero-order valence-corrected chi connectivity index (χ0v) is 9.67. The van der Waals surface area contributed by atoms with Crippen LogP contribution in [0.1, 0.15) is 57.8 Å². The van der Waals surface area contributed by atoms with Crippen LogP contribution in [0.4, 0.5) is 0 Å². The summed E-state index contributed by atoms with van der Waals surface area (Å²) in [4.78, 5) is 0.